The van der Waals surface area contributed by atoms with Gasteiger partial charge in [-0.1, -0.05) is 164 Å². The molecule has 0 aliphatic heterocycles. The second kappa shape index (κ2) is 13.4. The van der Waals surface area contributed by atoms with Crippen molar-refractivity contribution in [1.29, 1.82) is 5.41 Å². The summed E-state index contributed by atoms with van der Waals surface area (Å²) in [6.45, 7) is 0. The van der Waals surface area contributed by atoms with Crippen LogP contribution in [0.2, 0.25) is 0 Å². The molecule has 0 spiro atoms. The number of nitrogens with one attached hydrogen (secondary N) is 1. The number of para-hydroxylation sites is 1. The number of amidine groups is 1. The summed E-state index contributed by atoms with van der Waals surface area (Å²) in [6.07, 6.45) is 14.3. The fraction of sp³-hybridized carbons (Fsp3) is 0.0566. The highest BCUT2D eigenvalue weighted by molar-refractivity contribution is 7.25. The summed E-state index contributed by atoms with van der Waals surface area (Å²) in [4.78, 5) is 5.03. The molecule has 1 unspecified atom stereocenters. The molecule has 0 fully saturated rings. The van der Waals surface area contributed by atoms with Gasteiger partial charge in [0.1, 0.15) is 0 Å². The number of aromatic nitrogens is 1. The standard InChI is InChI=1S/C53H37N3S/c54-52(36-27-29-44-43-22-10-14-26-50(43)57-51(44)33-36)55-47(35-15-3-1-4-16-35)31-32-56-48-25-13-9-21-41(48)42-30-28-38(34-49(42)56)53(37-17-5-2-6-18-37)45-23-11-7-19-39(45)40-20-8-12-24-46(40)53/h1-17,19-34,37,54H,18H2/b32-31+,54-52?,55-47+. The molecule has 4 heteroatoms. The van der Waals surface area contributed by atoms with Crippen molar-refractivity contribution in [2.75, 3.05) is 0 Å². The molecule has 0 amide bonds. The van der Waals surface area contributed by atoms with E-state index >= 15 is 0 Å². The number of rotatable bonds is 6. The number of aliphatic imine (C=N–C) groups is 1. The third-order valence-electron chi connectivity index (χ3n) is 12.0. The third kappa shape index (κ3) is 5.25. The van der Waals surface area contributed by atoms with Crippen LogP contribution in [0, 0.1) is 11.3 Å². The molecule has 2 aliphatic carbocycles. The van der Waals surface area contributed by atoms with Crippen molar-refractivity contribution in [2.45, 2.75) is 11.8 Å². The van der Waals surface area contributed by atoms with Gasteiger partial charge in [-0.05, 0) is 70.5 Å². The van der Waals surface area contributed by atoms with Crippen LogP contribution < -0.4 is 0 Å². The van der Waals surface area contributed by atoms with Crippen LogP contribution in [0.25, 0.3) is 59.3 Å². The number of nitrogens with zero attached hydrogens (tertiary/aromatic N) is 2. The highest BCUT2D eigenvalue weighted by Gasteiger charge is 2.49. The second-order valence-corrected chi connectivity index (χ2v) is 16.1. The molecule has 11 rings (SSSR count). The lowest BCUT2D eigenvalue weighted by Crippen LogP contribution is -2.35. The monoisotopic (exact) mass is 747 g/mol. The summed E-state index contributed by atoms with van der Waals surface area (Å²) >= 11 is 1.76. The van der Waals surface area contributed by atoms with Gasteiger partial charge in [-0.2, -0.15) is 0 Å². The number of hydrogen-bond donors (Lipinski definition) is 1. The van der Waals surface area contributed by atoms with Gasteiger partial charge < -0.3 is 4.57 Å². The van der Waals surface area contributed by atoms with Crippen LogP contribution in [0.5, 0.6) is 0 Å². The van der Waals surface area contributed by atoms with Crippen LogP contribution in [0.4, 0.5) is 0 Å². The maximum absolute atomic E-state index is 9.26. The minimum atomic E-state index is -0.366. The van der Waals surface area contributed by atoms with Crippen LogP contribution >= 0.6 is 11.3 Å². The fourth-order valence-electron chi connectivity index (χ4n) is 9.51. The molecule has 7 aromatic carbocycles. The van der Waals surface area contributed by atoms with Crippen molar-refractivity contribution < 1.29 is 0 Å². The predicted octanol–water partition coefficient (Wildman–Crippen LogP) is 13.6. The first-order chi connectivity index (χ1) is 28.2. The Labute approximate surface area is 335 Å². The minimum Gasteiger partial charge on any atom is -0.316 e. The lowest BCUT2D eigenvalue weighted by molar-refractivity contribution is 0.458. The number of allylic oxidation sites excluding steroid dienone is 5. The zero-order valence-electron chi connectivity index (χ0n) is 31.1. The molecule has 1 N–H and O–H groups in total. The average molecular weight is 748 g/mol. The predicted molar refractivity (Wildman–Crippen MR) is 242 cm³/mol. The molecule has 2 heterocycles. The molecular formula is C53H37N3S. The Morgan fingerprint density at radius 1 is 0.614 bits per heavy atom. The maximum atomic E-state index is 9.26. The topological polar surface area (TPSA) is 41.1 Å². The van der Waals surface area contributed by atoms with Crippen LogP contribution in [-0.2, 0) is 5.41 Å². The zero-order chi connectivity index (χ0) is 37.9. The summed E-state index contributed by atoms with van der Waals surface area (Å²) in [5.41, 5.74) is 11.0. The van der Waals surface area contributed by atoms with Gasteiger partial charge in [0, 0.05) is 48.3 Å². The smallest absolute Gasteiger partial charge is 0.152 e. The molecule has 2 aromatic heterocycles. The first kappa shape index (κ1) is 33.5. The number of benzene rings is 7. The molecule has 0 saturated heterocycles. The van der Waals surface area contributed by atoms with Crippen molar-refractivity contribution in [3.63, 3.8) is 0 Å². The van der Waals surface area contributed by atoms with Gasteiger partial charge in [-0.15, -0.1) is 11.3 Å². The van der Waals surface area contributed by atoms with Gasteiger partial charge in [0.15, 0.2) is 5.84 Å². The van der Waals surface area contributed by atoms with Crippen LogP contribution in [0.3, 0.4) is 0 Å². The Morgan fingerprint density at radius 2 is 1.28 bits per heavy atom. The Bertz CT molecular complexity index is 3140. The van der Waals surface area contributed by atoms with Crippen LogP contribution in [0.1, 0.15) is 34.2 Å². The summed E-state index contributed by atoms with van der Waals surface area (Å²) in [7, 11) is 0. The minimum absolute atomic E-state index is 0.234. The van der Waals surface area contributed by atoms with Crippen molar-refractivity contribution in [1.82, 2.24) is 4.57 Å². The average Bonchev–Trinajstić information content (AvgIpc) is 3.91. The van der Waals surface area contributed by atoms with Crippen molar-refractivity contribution in [2.24, 2.45) is 10.9 Å². The summed E-state index contributed by atoms with van der Waals surface area (Å²) in [5.74, 6) is 0.477. The van der Waals surface area contributed by atoms with E-state index in [1.807, 2.05) is 24.3 Å². The number of thiophene rings is 1. The molecule has 0 bridgehead atoms. The molecule has 57 heavy (non-hydrogen) atoms. The summed E-state index contributed by atoms with van der Waals surface area (Å²) in [6, 6.07) is 58.8. The SMILES string of the molecule is N=C(/N=C(\C=C\n1c2ccccc2c2ccc(C3(C4C=CC=CC4)c4ccccc4-c4ccccc43)cc21)c1ccccc1)c1ccc2c(c1)sc1ccccc12. The van der Waals surface area contributed by atoms with Crippen LogP contribution in [-0.4, -0.2) is 16.1 Å². The quantitative estimate of drug-likeness (QED) is 0.130. The molecule has 9 aromatic rings. The lowest BCUT2D eigenvalue weighted by atomic mass is 9.62. The molecular weight excluding hydrogens is 711 g/mol. The van der Waals surface area contributed by atoms with Crippen molar-refractivity contribution in [3.8, 4) is 11.1 Å². The number of fused-ring (bicyclic) bond motifs is 9. The zero-order valence-corrected chi connectivity index (χ0v) is 32.0. The Morgan fingerprint density at radius 3 is 2.07 bits per heavy atom. The first-order valence-electron chi connectivity index (χ1n) is 19.6. The van der Waals surface area contributed by atoms with E-state index in [1.165, 1.54) is 54.1 Å². The second-order valence-electron chi connectivity index (χ2n) is 15.0. The summed E-state index contributed by atoms with van der Waals surface area (Å²) < 4.78 is 4.73. The highest BCUT2D eigenvalue weighted by Crippen LogP contribution is 2.58. The van der Waals surface area contributed by atoms with Gasteiger partial charge in [-0.3, -0.25) is 5.41 Å². The highest BCUT2D eigenvalue weighted by atomic mass is 32.1. The maximum Gasteiger partial charge on any atom is 0.152 e. The molecule has 1 atom stereocenters. The molecule has 3 nitrogen and oxygen atoms in total. The Kier molecular flexibility index (Phi) is 7.87. The molecule has 2 aliphatic rings. The first-order valence-corrected chi connectivity index (χ1v) is 20.4. The Balaban J connectivity index is 1.08. The van der Waals surface area contributed by atoms with E-state index in [0.717, 1.165) is 39.0 Å². The van der Waals surface area contributed by atoms with Crippen molar-refractivity contribution in [3.05, 3.63) is 222 Å². The van der Waals surface area contributed by atoms with Crippen LogP contribution in [0.15, 0.2) is 199 Å². The molecule has 0 saturated carbocycles. The fourth-order valence-corrected chi connectivity index (χ4v) is 10.7. The normalized spacial score (nSPS) is 15.9. The summed E-state index contributed by atoms with van der Waals surface area (Å²) in [5, 5.41) is 14.1. The van der Waals surface area contributed by atoms with E-state index in [-0.39, 0.29) is 17.2 Å². The van der Waals surface area contributed by atoms with Crippen molar-refractivity contribution >= 4 is 71.1 Å². The molecule has 0 radical (unpaired) electrons. The van der Waals surface area contributed by atoms with Gasteiger partial charge in [0.2, 0.25) is 0 Å². The van der Waals surface area contributed by atoms with E-state index < -0.39 is 0 Å². The van der Waals surface area contributed by atoms with Gasteiger partial charge in [-0.25, -0.2) is 4.99 Å². The largest absolute Gasteiger partial charge is 0.316 e. The Hall–Kier alpha value is -6.88. The van der Waals surface area contributed by atoms with Gasteiger partial charge in [0.25, 0.3) is 0 Å². The van der Waals surface area contributed by atoms with Gasteiger partial charge in [0.05, 0.1) is 22.2 Å². The van der Waals surface area contributed by atoms with E-state index in [9.17, 15) is 5.41 Å². The van der Waals surface area contributed by atoms with E-state index in [1.54, 1.807) is 11.3 Å². The van der Waals surface area contributed by atoms with E-state index in [0.29, 0.717) is 0 Å². The van der Waals surface area contributed by atoms with E-state index in [2.05, 4.69) is 181 Å². The molecule has 270 valence electrons. The lowest BCUT2D eigenvalue weighted by Gasteiger charge is -2.39. The third-order valence-corrected chi connectivity index (χ3v) is 13.2. The number of hydrogen-bond acceptors (Lipinski definition) is 2. The van der Waals surface area contributed by atoms with E-state index in [4.69, 9.17) is 4.99 Å². The van der Waals surface area contributed by atoms with Gasteiger partial charge >= 0.3 is 0 Å².